The number of nitriles is 1. The summed E-state index contributed by atoms with van der Waals surface area (Å²) < 4.78 is 0. The third-order valence-corrected chi connectivity index (χ3v) is 1.81. The van der Waals surface area contributed by atoms with Gasteiger partial charge in [-0.05, 0) is 26.3 Å². The van der Waals surface area contributed by atoms with Crippen molar-refractivity contribution in [2.75, 3.05) is 6.54 Å². The monoisotopic (exact) mass is 124 g/mol. The van der Waals surface area contributed by atoms with E-state index in [4.69, 9.17) is 5.26 Å². The van der Waals surface area contributed by atoms with Gasteiger partial charge in [0.2, 0.25) is 0 Å². The molecule has 9 heavy (non-hydrogen) atoms. The lowest BCUT2D eigenvalue weighted by molar-refractivity contribution is 0.368. The molecule has 2 nitrogen and oxygen atoms in total. The fourth-order valence-electron chi connectivity index (χ4n) is 1.25. The van der Waals surface area contributed by atoms with E-state index in [9.17, 15) is 0 Å². The molecule has 1 aliphatic heterocycles. The van der Waals surface area contributed by atoms with E-state index in [-0.39, 0.29) is 0 Å². The van der Waals surface area contributed by atoms with Crippen LogP contribution in [0.15, 0.2) is 0 Å². The predicted molar refractivity (Wildman–Crippen MR) is 35.8 cm³/mol. The van der Waals surface area contributed by atoms with Gasteiger partial charge < -0.3 is 5.32 Å². The van der Waals surface area contributed by atoms with Crippen LogP contribution in [0.5, 0.6) is 0 Å². The first-order chi connectivity index (χ1) is 4.33. The molecule has 1 aliphatic rings. The Morgan fingerprint density at radius 2 is 2.44 bits per heavy atom. The lowest BCUT2D eigenvalue weighted by Gasteiger charge is -2.22. The summed E-state index contributed by atoms with van der Waals surface area (Å²) in [5.74, 6) is 0.307. The zero-order valence-corrected chi connectivity index (χ0v) is 5.72. The highest BCUT2D eigenvalue weighted by atomic mass is 14.9. The number of nitrogens with one attached hydrogen (secondary N) is 1. The van der Waals surface area contributed by atoms with Crippen LogP contribution in [0.1, 0.15) is 19.8 Å². The van der Waals surface area contributed by atoms with Crippen LogP contribution in [-0.4, -0.2) is 12.6 Å². The second-order valence-corrected chi connectivity index (χ2v) is 2.71. The minimum absolute atomic E-state index is 0.307. The van der Waals surface area contributed by atoms with E-state index in [1.54, 1.807) is 0 Å². The van der Waals surface area contributed by atoms with Gasteiger partial charge in [0.15, 0.2) is 0 Å². The van der Waals surface area contributed by atoms with E-state index in [0.29, 0.717) is 12.0 Å². The van der Waals surface area contributed by atoms with Crippen molar-refractivity contribution in [2.24, 2.45) is 5.92 Å². The molecule has 0 saturated carbocycles. The van der Waals surface area contributed by atoms with Crippen LogP contribution in [-0.2, 0) is 0 Å². The van der Waals surface area contributed by atoms with Gasteiger partial charge in [-0.25, -0.2) is 0 Å². The number of nitrogens with zero attached hydrogens (tertiary/aromatic N) is 1. The molecule has 0 aromatic rings. The van der Waals surface area contributed by atoms with Crippen LogP contribution in [0.3, 0.4) is 0 Å². The van der Waals surface area contributed by atoms with Gasteiger partial charge in [-0.1, -0.05) is 0 Å². The molecular weight excluding hydrogens is 112 g/mol. The predicted octanol–water partition coefficient (Wildman–Crippen LogP) is 0.898. The summed E-state index contributed by atoms with van der Waals surface area (Å²) in [4.78, 5) is 0. The van der Waals surface area contributed by atoms with Crippen LogP contribution >= 0.6 is 0 Å². The first kappa shape index (κ1) is 6.57. The summed E-state index contributed by atoms with van der Waals surface area (Å²) in [5.41, 5.74) is 0. The third-order valence-electron chi connectivity index (χ3n) is 1.81. The molecule has 0 aromatic carbocycles. The number of rotatable bonds is 0. The molecule has 0 amide bonds. The Hall–Kier alpha value is -0.550. The van der Waals surface area contributed by atoms with Crippen molar-refractivity contribution in [3.63, 3.8) is 0 Å². The fourth-order valence-corrected chi connectivity index (χ4v) is 1.25. The third kappa shape index (κ3) is 1.69. The van der Waals surface area contributed by atoms with E-state index >= 15 is 0 Å². The van der Waals surface area contributed by atoms with Gasteiger partial charge in [0.05, 0.1) is 6.07 Å². The Bertz CT molecular complexity index is 125. The minimum Gasteiger partial charge on any atom is -0.314 e. The summed E-state index contributed by atoms with van der Waals surface area (Å²) in [7, 11) is 0. The quantitative estimate of drug-likeness (QED) is 0.520. The normalized spacial score (nSPS) is 35.6. The van der Waals surface area contributed by atoms with Crippen molar-refractivity contribution in [3.8, 4) is 6.07 Å². The Morgan fingerprint density at radius 1 is 1.67 bits per heavy atom. The van der Waals surface area contributed by atoms with Gasteiger partial charge in [0.25, 0.3) is 0 Å². The zero-order chi connectivity index (χ0) is 6.69. The van der Waals surface area contributed by atoms with Gasteiger partial charge in [-0.2, -0.15) is 5.26 Å². The van der Waals surface area contributed by atoms with E-state index in [2.05, 4.69) is 18.3 Å². The molecule has 50 valence electrons. The molecule has 1 N–H and O–H groups in total. The van der Waals surface area contributed by atoms with E-state index in [1.165, 1.54) is 0 Å². The fraction of sp³-hybridized carbons (Fsp3) is 0.857. The highest BCUT2D eigenvalue weighted by Crippen LogP contribution is 2.13. The summed E-state index contributed by atoms with van der Waals surface area (Å²) in [6, 6.07) is 2.84. The van der Waals surface area contributed by atoms with Crippen LogP contribution in [0.2, 0.25) is 0 Å². The molecule has 0 aliphatic carbocycles. The molecule has 0 spiro atoms. The topological polar surface area (TPSA) is 35.8 Å². The van der Waals surface area contributed by atoms with Crippen molar-refractivity contribution in [1.82, 2.24) is 5.32 Å². The van der Waals surface area contributed by atoms with Crippen LogP contribution in [0.25, 0.3) is 0 Å². The Kier molecular flexibility index (Phi) is 2.07. The van der Waals surface area contributed by atoms with Crippen LogP contribution < -0.4 is 5.32 Å². The van der Waals surface area contributed by atoms with Gasteiger partial charge in [-0.3, -0.25) is 0 Å². The Morgan fingerprint density at radius 3 is 2.89 bits per heavy atom. The molecule has 1 saturated heterocycles. The van der Waals surface area contributed by atoms with E-state index in [1.807, 2.05) is 0 Å². The molecule has 0 radical (unpaired) electrons. The van der Waals surface area contributed by atoms with E-state index in [0.717, 1.165) is 19.4 Å². The SMILES string of the molecule is C[C@@H]1CC(C#N)CCN1. The summed E-state index contributed by atoms with van der Waals surface area (Å²) in [6.45, 7) is 3.14. The molecule has 1 rings (SSSR count). The lowest BCUT2D eigenvalue weighted by Crippen LogP contribution is -2.35. The van der Waals surface area contributed by atoms with Crippen molar-refractivity contribution in [1.29, 1.82) is 5.26 Å². The van der Waals surface area contributed by atoms with E-state index < -0.39 is 0 Å². The first-order valence-corrected chi connectivity index (χ1v) is 3.46. The molecule has 1 unspecified atom stereocenters. The van der Waals surface area contributed by atoms with Crippen LogP contribution in [0, 0.1) is 17.2 Å². The maximum Gasteiger partial charge on any atom is 0.0656 e. The van der Waals surface area contributed by atoms with Crippen molar-refractivity contribution < 1.29 is 0 Å². The Labute approximate surface area is 55.9 Å². The standard InChI is InChI=1S/C7H12N2/c1-6-4-7(5-8)2-3-9-6/h6-7,9H,2-4H2,1H3/t6-,7?/m1/s1. The minimum atomic E-state index is 0.307. The largest absolute Gasteiger partial charge is 0.314 e. The van der Waals surface area contributed by atoms with Gasteiger partial charge >= 0.3 is 0 Å². The molecule has 1 fully saturated rings. The summed E-state index contributed by atoms with van der Waals surface area (Å²) in [6.07, 6.45) is 2.05. The summed E-state index contributed by atoms with van der Waals surface area (Å²) >= 11 is 0. The highest BCUT2D eigenvalue weighted by molar-refractivity contribution is 4.88. The van der Waals surface area contributed by atoms with Gasteiger partial charge in [0, 0.05) is 12.0 Å². The van der Waals surface area contributed by atoms with Gasteiger partial charge in [-0.15, -0.1) is 0 Å². The van der Waals surface area contributed by atoms with Gasteiger partial charge in [0.1, 0.15) is 0 Å². The maximum atomic E-state index is 8.53. The Balaban J connectivity index is 2.34. The molecule has 2 heteroatoms. The van der Waals surface area contributed by atoms with Crippen molar-refractivity contribution in [3.05, 3.63) is 0 Å². The zero-order valence-electron chi connectivity index (χ0n) is 5.72. The average molecular weight is 124 g/mol. The molecule has 0 bridgehead atoms. The molecule has 0 aromatic heterocycles. The van der Waals surface area contributed by atoms with Crippen LogP contribution in [0.4, 0.5) is 0 Å². The summed E-state index contributed by atoms with van der Waals surface area (Å²) in [5, 5.41) is 11.8. The molecular formula is C7H12N2. The lowest BCUT2D eigenvalue weighted by atomic mass is 9.95. The molecule has 2 atom stereocenters. The average Bonchev–Trinajstić information content (AvgIpc) is 1.88. The second-order valence-electron chi connectivity index (χ2n) is 2.71. The van der Waals surface area contributed by atoms with Crippen molar-refractivity contribution >= 4 is 0 Å². The number of hydrogen-bond acceptors (Lipinski definition) is 2. The maximum absolute atomic E-state index is 8.53. The molecule has 1 heterocycles. The smallest absolute Gasteiger partial charge is 0.0656 e. The number of piperidine rings is 1. The van der Waals surface area contributed by atoms with Crippen molar-refractivity contribution in [2.45, 2.75) is 25.8 Å². The highest BCUT2D eigenvalue weighted by Gasteiger charge is 2.16. The first-order valence-electron chi connectivity index (χ1n) is 3.46. The second kappa shape index (κ2) is 2.84. The number of hydrogen-bond donors (Lipinski definition) is 1.